The molecule has 0 saturated heterocycles. The molecule has 1 aromatic heterocycles. The molecule has 0 spiro atoms. The number of esters is 1. The van der Waals surface area contributed by atoms with Crippen LogP contribution in [0.1, 0.15) is 11.3 Å². The van der Waals surface area contributed by atoms with Crippen LogP contribution in [0.25, 0.3) is 23.5 Å². The van der Waals surface area contributed by atoms with E-state index >= 15 is 0 Å². The number of nitrogens with zero attached hydrogens (tertiary/aromatic N) is 2. The molecule has 31 heavy (non-hydrogen) atoms. The van der Waals surface area contributed by atoms with Crippen molar-refractivity contribution in [3.05, 3.63) is 93.9 Å². The third kappa shape index (κ3) is 4.43. The van der Waals surface area contributed by atoms with E-state index in [1.165, 1.54) is 19.3 Å². The molecule has 4 rings (SSSR count). The summed E-state index contributed by atoms with van der Waals surface area (Å²) in [5, 5.41) is 11.4. The first-order chi connectivity index (χ1) is 15.0. The lowest BCUT2D eigenvalue weighted by Gasteiger charge is -2.03. The summed E-state index contributed by atoms with van der Waals surface area (Å²) < 4.78 is 15.9. The fraction of sp³-hybridized carbons (Fsp3) is 0.0435. The lowest BCUT2D eigenvalue weighted by Crippen LogP contribution is -2.01. The lowest BCUT2D eigenvalue weighted by molar-refractivity contribution is -0.384. The molecule has 0 bridgehead atoms. The maximum Gasteiger partial charge on any atom is 0.363 e. The van der Waals surface area contributed by atoms with Gasteiger partial charge in [-0.2, -0.15) is 0 Å². The number of hydrogen-bond donors (Lipinski definition) is 0. The molecule has 1 aliphatic heterocycles. The Labute approximate surface area is 176 Å². The maximum absolute atomic E-state index is 12.1. The fourth-order valence-corrected chi connectivity index (χ4v) is 2.94. The van der Waals surface area contributed by atoms with Gasteiger partial charge < -0.3 is 13.9 Å². The Kier molecular flexibility index (Phi) is 5.44. The number of rotatable bonds is 6. The van der Waals surface area contributed by atoms with Crippen molar-refractivity contribution in [2.75, 3.05) is 7.11 Å². The van der Waals surface area contributed by atoms with Gasteiger partial charge in [-0.15, -0.1) is 0 Å². The Balaban J connectivity index is 1.58. The van der Waals surface area contributed by atoms with Crippen molar-refractivity contribution in [1.29, 1.82) is 0 Å². The Morgan fingerprint density at radius 3 is 2.61 bits per heavy atom. The first kappa shape index (κ1) is 19.8. The van der Waals surface area contributed by atoms with E-state index in [2.05, 4.69) is 4.99 Å². The van der Waals surface area contributed by atoms with E-state index in [1.54, 1.807) is 36.4 Å². The number of methoxy groups -OCH3 is 1. The lowest BCUT2D eigenvalue weighted by atomic mass is 10.1. The van der Waals surface area contributed by atoms with Crippen LogP contribution in [0.4, 0.5) is 5.69 Å². The van der Waals surface area contributed by atoms with Gasteiger partial charge in [-0.05, 0) is 35.9 Å². The second-order valence-electron chi connectivity index (χ2n) is 6.46. The SMILES string of the molecule is COc1ccc(-c2ccc(C=C3N=C(C=Cc4ccccc4)OC3=O)o2)c([N+](=O)[O-])c1. The van der Waals surface area contributed by atoms with Gasteiger partial charge >= 0.3 is 5.97 Å². The number of carbonyl (C=O) groups is 1. The van der Waals surface area contributed by atoms with Gasteiger partial charge in [-0.1, -0.05) is 30.3 Å². The minimum absolute atomic E-state index is 0.0674. The number of furan rings is 1. The zero-order valence-corrected chi connectivity index (χ0v) is 16.3. The van der Waals surface area contributed by atoms with Gasteiger partial charge in [0.05, 0.1) is 23.7 Å². The highest BCUT2D eigenvalue weighted by molar-refractivity contribution is 6.11. The minimum atomic E-state index is -0.610. The van der Waals surface area contributed by atoms with Crippen LogP contribution in [-0.4, -0.2) is 23.9 Å². The zero-order chi connectivity index (χ0) is 21.8. The maximum atomic E-state index is 12.1. The third-order valence-corrected chi connectivity index (χ3v) is 4.43. The zero-order valence-electron chi connectivity index (χ0n) is 16.3. The predicted molar refractivity (Wildman–Crippen MR) is 114 cm³/mol. The standard InChI is InChI=1S/C23H16N2O6/c1-29-16-8-10-18(20(14-16)25(27)28)21-11-9-17(30-21)13-19-23(26)31-22(24-19)12-7-15-5-3-2-4-6-15/h2-14H,1H3. The van der Waals surface area contributed by atoms with Gasteiger partial charge in [0.15, 0.2) is 5.70 Å². The average Bonchev–Trinajstić information content (AvgIpc) is 3.39. The quantitative estimate of drug-likeness (QED) is 0.246. The van der Waals surface area contributed by atoms with E-state index in [0.717, 1.165) is 5.56 Å². The summed E-state index contributed by atoms with van der Waals surface area (Å²) in [6.45, 7) is 0. The Hall–Kier alpha value is -4.46. The van der Waals surface area contributed by atoms with E-state index in [4.69, 9.17) is 13.9 Å². The number of nitro benzene ring substituents is 1. The molecule has 0 atom stereocenters. The molecule has 3 aromatic rings. The first-order valence-electron chi connectivity index (χ1n) is 9.22. The molecule has 154 valence electrons. The van der Waals surface area contributed by atoms with Crippen LogP contribution in [-0.2, 0) is 9.53 Å². The van der Waals surface area contributed by atoms with Crippen LogP contribution in [0, 0.1) is 10.1 Å². The van der Waals surface area contributed by atoms with Gasteiger partial charge in [-0.25, -0.2) is 9.79 Å². The molecule has 8 nitrogen and oxygen atoms in total. The summed E-state index contributed by atoms with van der Waals surface area (Å²) in [6, 6.07) is 17.2. The number of hydrogen-bond acceptors (Lipinski definition) is 7. The highest BCUT2D eigenvalue weighted by Gasteiger charge is 2.23. The van der Waals surface area contributed by atoms with Crippen LogP contribution in [0.15, 0.2) is 81.8 Å². The summed E-state index contributed by atoms with van der Waals surface area (Å²) in [5.41, 5.74) is 1.15. The smallest absolute Gasteiger partial charge is 0.363 e. The van der Waals surface area contributed by atoms with E-state index in [9.17, 15) is 14.9 Å². The molecule has 0 aliphatic carbocycles. The van der Waals surface area contributed by atoms with Crippen LogP contribution < -0.4 is 4.74 Å². The molecule has 0 radical (unpaired) electrons. The summed E-state index contributed by atoms with van der Waals surface area (Å²) in [7, 11) is 1.43. The van der Waals surface area contributed by atoms with Gasteiger partial charge in [0.25, 0.3) is 5.69 Å². The molecule has 8 heteroatoms. The predicted octanol–water partition coefficient (Wildman–Crippen LogP) is 4.87. The number of nitro groups is 1. The van der Waals surface area contributed by atoms with Crippen LogP contribution in [0.2, 0.25) is 0 Å². The van der Waals surface area contributed by atoms with Gasteiger partial charge in [0, 0.05) is 12.2 Å². The Morgan fingerprint density at radius 1 is 1.06 bits per heavy atom. The first-order valence-corrected chi connectivity index (χ1v) is 9.22. The van der Waals surface area contributed by atoms with Crippen molar-refractivity contribution in [3.8, 4) is 17.1 Å². The third-order valence-electron chi connectivity index (χ3n) is 4.43. The summed E-state index contributed by atoms with van der Waals surface area (Å²) in [4.78, 5) is 27.2. The molecule has 1 aliphatic rings. The molecule has 0 N–H and O–H groups in total. The minimum Gasteiger partial charge on any atom is -0.497 e. The number of cyclic esters (lactones) is 1. The second-order valence-corrected chi connectivity index (χ2v) is 6.46. The number of carbonyl (C=O) groups excluding carboxylic acids is 1. The highest BCUT2D eigenvalue weighted by Crippen LogP contribution is 2.34. The summed E-state index contributed by atoms with van der Waals surface area (Å²) >= 11 is 0. The van der Waals surface area contributed by atoms with Crippen molar-refractivity contribution >= 4 is 29.7 Å². The molecule has 0 unspecified atom stereocenters. The van der Waals surface area contributed by atoms with E-state index < -0.39 is 10.9 Å². The topological polar surface area (TPSA) is 104 Å². The average molecular weight is 416 g/mol. The molecular weight excluding hydrogens is 400 g/mol. The van der Waals surface area contributed by atoms with Crippen molar-refractivity contribution in [2.24, 2.45) is 4.99 Å². The molecule has 2 heterocycles. The van der Waals surface area contributed by atoms with E-state index in [0.29, 0.717) is 17.1 Å². The number of ether oxygens (including phenoxy) is 2. The van der Waals surface area contributed by atoms with Gasteiger partial charge in [0.1, 0.15) is 17.3 Å². The van der Waals surface area contributed by atoms with Crippen molar-refractivity contribution in [3.63, 3.8) is 0 Å². The summed E-state index contributed by atoms with van der Waals surface area (Å²) in [5.74, 6) is 0.507. The van der Waals surface area contributed by atoms with Crippen molar-refractivity contribution < 1.29 is 23.6 Å². The van der Waals surface area contributed by atoms with Crippen molar-refractivity contribution in [1.82, 2.24) is 0 Å². The highest BCUT2D eigenvalue weighted by atomic mass is 16.6. The largest absolute Gasteiger partial charge is 0.497 e. The second kappa shape index (κ2) is 8.50. The normalized spacial score (nSPS) is 14.7. The number of aliphatic imine (C=N–C) groups is 1. The molecule has 2 aromatic carbocycles. The fourth-order valence-electron chi connectivity index (χ4n) is 2.94. The molecule has 0 fully saturated rings. The van der Waals surface area contributed by atoms with Crippen LogP contribution in [0.5, 0.6) is 5.75 Å². The van der Waals surface area contributed by atoms with Gasteiger partial charge in [-0.3, -0.25) is 10.1 Å². The van der Waals surface area contributed by atoms with Crippen LogP contribution >= 0.6 is 0 Å². The monoisotopic (exact) mass is 416 g/mol. The molecular formula is C23H16N2O6. The molecule has 0 saturated carbocycles. The summed E-state index contributed by atoms with van der Waals surface area (Å²) in [6.07, 6.45) is 4.80. The molecule has 0 amide bonds. The van der Waals surface area contributed by atoms with Crippen LogP contribution in [0.3, 0.4) is 0 Å². The Bertz CT molecular complexity index is 1240. The Morgan fingerprint density at radius 2 is 1.87 bits per heavy atom. The van der Waals surface area contributed by atoms with Gasteiger partial charge in [0.2, 0.25) is 5.90 Å². The van der Waals surface area contributed by atoms with E-state index in [-0.39, 0.29) is 23.0 Å². The van der Waals surface area contributed by atoms with Crippen molar-refractivity contribution in [2.45, 2.75) is 0 Å². The van der Waals surface area contributed by atoms with E-state index in [1.807, 2.05) is 30.3 Å². The number of benzene rings is 2.